The number of anilines is 1. The van der Waals surface area contributed by atoms with E-state index < -0.39 is 72.6 Å². The van der Waals surface area contributed by atoms with Gasteiger partial charge in [0.25, 0.3) is 0 Å². The molecule has 0 aromatic carbocycles. The van der Waals surface area contributed by atoms with Crippen molar-refractivity contribution in [2.45, 2.75) is 89.2 Å². The maximum atomic E-state index is 14.6. The van der Waals surface area contributed by atoms with Crippen LogP contribution >= 0.6 is 0 Å². The van der Waals surface area contributed by atoms with E-state index in [-0.39, 0.29) is 6.61 Å². The van der Waals surface area contributed by atoms with E-state index in [9.17, 15) is 29.3 Å². The summed E-state index contributed by atoms with van der Waals surface area (Å²) < 4.78 is 36.9. The molecule has 0 aliphatic carbocycles. The zero-order valence-electron chi connectivity index (χ0n) is 18.6. The highest BCUT2D eigenvalue weighted by Crippen LogP contribution is 2.34. The van der Waals surface area contributed by atoms with Crippen LogP contribution in [0.25, 0.3) is 0 Å². The molecule has 2 fully saturated rings. The quantitative estimate of drug-likeness (QED) is 0.384. The minimum absolute atomic E-state index is 0.144. The minimum Gasteiger partial charge on any atom is -0.449 e. The van der Waals surface area contributed by atoms with Crippen molar-refractivity contribution < 1.29 is 43.5 Å². The van der Waals surface area contributed by atoms with Gasteiger partial charge < -0.3 is 34.3 Å². The first-order valence-corrected chi connectivity index (χ1v) is 10.9. The molecule has 3 heterocycles. The van der Waals surface area contributed by atoms with Crippen LogP contribution in [-0.4, -0.2) is 80.5 Å². The molecule has 0 spiro atoms. The second-order valence-corrected chi connectivity index (χ2v) is 8.11. The molecule has 13 heteroatoms. The van der Waals surface area contributed by atoms with Gasteiger partial charge in [-0.15, -0.1) is 0 Å². The van der Waals surface area contributed by atoms with Crippen molar-refractivity contribution >= 4 is 11.9 Å². The third-order valence-corrected chi connectivity index (χ3v) is 5.59. The first kappa shape index (κ1) is 25.5. The maximum Gasteiger partial charge on any atom is 0.412 e. The molecule has 0 saturated carbocycles. The molecule has 3 rings (SSSR count). The van der Waals surface area contributed by atoms with Crippen molar-refractivity contribution in [1.82, 2.24) is 9.55 Å². The molecule has 0 bridgehead atoms. The molecular weight excluding hydrogens is 445 g/mol. The van der Waals surface area contributed by atoms with E-state index in [0.29, 0.717) is 6.42 Å². The van der Waals surface area contributed by atoms with Crippen molar-refractivity contribution in [2.24, 2.45) is 0 Å². The predicted octanol–water partition coefficient (Wildman–Crippen LogP) is 0.251. The lowest BCUT2D eigenvalue weighted by atomic mass is 10.1. The Morgan fingerprint density at radius 1 is 1.18 bits per heavy atom. The molecule has 2 saturated heterocycles. The summed E-state index contributed by atoms with van der Waals surface area (Å²) in [5.74, 6) is -1.66. The van der Waals surface area contributed by atoms with Crippen molar-refractivity contribution in [1.29, 1.82) is 0 Å². The smallest absolute Gasteiger partial charge is 0.412 e. The highest BCUT2D eigenvalue weighted by atomic mass is 19.1. The molecule has 12 nitrogen and oxygen atoms in total. The van der Waals surface area contributed by atoms with Gasteiger partial charge in [-0.25, -0.2) is 14.0 Å². The van der Waals surface area contributed by atoms with Crippen molar-refractivity contribution in [3.63, 3.8) is 0 Å². The lowest BCUT2D eigenvalue weighted by molar-refractivity contribution is -0.216. The summed E-state index contributed by atoms with van der Waals surface area (Å²) in [6, 6.07) is 0. The number of unbranched alkanes of at least 4 members (excludes halogenated alkanes) is 2. The molecule has 1 aromatic heterocycles. The summed E-state index contributed by atoms with van der Waals surface area (Å²) in [4.78, 5) is 27.9. The number of nitrogens with zero attached hydrogens (tertiary/aromatic N) is 2. The Morgan fingerprint density at radius 3 is 2.52 bits per heavy atom. The fraction of sp³-hybridized carbons (Fsp3) is 0.750. The standard InChI is InChI=1S/C20H30FN3O9/c1-4-5-6-7-30-20(29)23-16-11(21)8-24(19(28)22-16)17-15(13(26)10(3)31-17)33-18-14(27)12(25)9(2)32-18/h8-10,12-15,17-18,25-27H,4-7H2,1-3H3,(H,22,23,28,29)/t9-,10-,12+,13-,14+,15+,17-,18+/m1/s1. The molecule has 1 aromatic rings. The Kier molecular flexibility index (Phi) is 8.37. The first-order valence-electron chi connectivity index (χ1n) is 10.9. The maximum absolute atomic E-state index is 14.6. The van der Waals surface area contributed by atoms with Crippen LogP contribution in [0.1, 0.15) is 46.3 Å². The number of ether oxygens (including phenoxy) is 4. The fourth-order valence-electron chi connectivity index (χ4n) is 3.63. The number of aromatic nitrogens is 2. The second-order valence-electron chi connectivity index (χ2n) is 8.11. The zero-order chi connectivity index (χ0) is 24.3. The number of hydrogen-bond donors (Lipinski definition) is 4. The Balaban J connectivity index is 1.74. The van der Waals surface area contributed by atoms with Crippen LogP contribution < -0.4 is 11.0 Å². The van der Waals surface area contributed by atoms with Gasteiger partial charge in [0, 0.05) is 0 Å². The number of carbonyl (C=O) groups is 1. The molecule has 0 unspecified atom stereocenters. The van der Waals surface area contributed by atoms with Gasteiger partial charge in [-0.05, 0) is 20.3 Å². The van der Waals surface area contributed by atoms with Gasteiger partial charge in [0.15, 0.2) is 24.2 Å². The van der Waals surface area contributed by atoms with Crippen LogP contribution in [0.2, 0.25) is 0 Å². The minimum atomic E-state index is -1.40. The van der Waals surface area contributed by atoms with Gasteiger partial charge >= 0.3 is 11.8 Å². The zero-order valence-corrected chi connectivity index (χ0v) is 18.6. The molecule has 33 heavy (non-hydrogen) atoms. The number of rotatable bonds is 8. The number of amides is 1. The molecule has 186 valence electrons. The third-order valence-electron chi connectivity index (χ3n) is 5.59. The SMILES string of the molecule is CCCCCOC(=O)Nc1nc(=O)n([C@@H]2O[C@H](C)[C@@H](O)[C@@H]2O[C@@H]2O[C@H](C)[C@H](O)[C@@H]2O)cc1F. The predicted molar refractivity (Wildman–Crippen MR) is 110 cm³/mol. The average molecular weight is 475 g/mol. The van der Waals surface area contributed by atoms with Gasteiger partial charge in [0.05, 0.1) is 25.0 Å². The van der Waals surface area contributed by atoms with Crippen LogP contribution in [-0.2, 0) is 18.9 Å². The molecule has 8 atom stereocenters. The van der Waals surface area contributed by atoms with E-state index in [1.54, 1.807) is 0 Å². The number of aliphatic hydroxyl groups is 3. The van der Waals surface area contributed by atoms with E-state index in [1.165, 1.54) is 13.8 Å². The van der Waals surface area contributed by atoms with Gasteiger partial charge in [0.1, 0.15) is 24.4 Å². The van der Waals surface area contributed by atoms with Gasteiger partial charge in [-0.2, -0.15) is 4.98 Å². The van der Waals surface area contributed by atoms with Crippen molar-refractivity contribution in [3.05, 3.63) is 22.5 Å². The van der Waals surface area contributed by atoms with Crippen molar-refractivity contribution in [2.75, 3.05) is 11.9 Å². The van der Waals surface area contributed by atoms with E-state index in [4.69, 9.17) is 18.9 Å². The van der Waals surface area contributed by atoms with E-state index >= 15 is 0 Å². The summed E-state index contributed by atoms with van der Waals surface area (Å²) in [5.41, 5.74) is -0.987. The number of carbonyl (C=O) groups excluding carboxylic acids is 1. The van der Waals surface area contributed by atoms with Gasteiger partial charge in [0.2, 0.25) is 0 Å². The third kappa shape index (κ3) is 5.67. The molecule has 2 aliphatic heterocycles. The summed E-state index contributed by atoms with van der Waals surface area (Å²) in [6.45, 7) is 5.18. The van der Waals surface area contributed by atoms with E-state index in [2.05, 4.69) is 10.3 Å². The largest absolute Gasteiger partial charge is 0.449 e. The van der Waals surface area contributed by atoms with Crippen LogP contribution in [0.4, 0.5) is 15.0 Å². The Bertz CT molecular complexity index is 885. The Morgan fingerprint density at radius 2 is 1.88 bits per heavy atom. The molecular formula is C20H30FN3O9. The number of halogens is 1. The Labute approximate surface area is 189 Å². The van der Waals surface area contributed by atoms with Gasteiger partial charge in [-0.3, -0.25) is 9.88 Å². The van der Waals surface area contributed by atoms with E-state index in [1.807, 2.05) is 6.92 Å². The average Bonchev–Trinajstić information content (AvgIpc) is 3.18. The highest BCUT2D eigenvalue weighted by molar-refractivity contribution is 5.83. The Hall–Kier alpha value is -2.16. The summed E-state index contributed by atoms with van der Waals surface area (Å²) in [7, 11) is 0. The molecule has 4 N–H and O–H groups in total. The first-order chi connectivity index (χ1) is 15.6. The van der Waals surface area contributed by atoms with Crippen LogP contribution in [0.15, 0.2) is 11.0 Å². The van der Waals surface area contributed by atoms with Crippen LogP contribution in [0.3, 0.4) is 0 Å². The number of aliphatic hydroxyl groups excluding tert-OH is 3. The summed E-state index contributed by atoms with van der Waals surface area (Å²) in [5, 5.41) is 32.5. The van der Waals surface area contributed by atoms with Crippen molar-refractivity contribution in [3.8, 4) is 0 Å². The second kappa shape index (κ2) is 10.8. The lowest BCUT2D eigenvalue weighted by Crippen LogP contribution is -2.43. The van der Waals surface area contributed by atoms with Crippen LogP contribution in [0, 0.1) is 5.82 Å². The molecule has 2 aliphatic rings. The molecule has 1 amide bonds. The normalized spacial score (nSPS) is 33.9. The summed E-state index contributed by atoms with van der Waals surface area (Å²) >= 11 is 0. The molecule has 0 radical (unpaired) electrons. The van der Waals surface area contributed by atoms with E-state index in [0.717, 1.165) is 23.6 Å². The lowest BCUT2D eigenvalue weighted by Gasteiger charge is -2.26. The topological polar surface area (TPSA) is 162 Å². The van der Waals surface area contributed by atoms with Gasteiger partial charge in [-0.1, -0.05) is 19.8 Å². The summed E-state index contributed by atoms with van der Waals surface area (Å²) in [6.07, 6.45) is -7.01. The fourth-order valence-corrected chi connectivity index (χ4v) is 3.63. The monoisotopic (exact) mass is 475 g/mol. The number of nitrogens with one attached hydrogen (secondary N) is 1. The van der Waals surface area contributed by atoms with Crippen LogP contribution in [0.5, 0.6) is 0 Å². The number of hydrogen-bond acceptors (Lipinski definition) is 10. The highest BCUT2D eigenvalue weighted by Gasteiger charge is 2.49.